The molecule has 2 aromatic rings. The van der Waals surface area contributed by atoms with Crippen LogP contribution in [0.3, 0.4) is 0 Å². The van der Waals surface area contributed by atoms with Gasteiger partial charge in [-0.3, -0.25) is 4.98 Å². The van der Waals surface area contributed by atoms with Crippen molar-refractivity contribution in [1.82, 2.24) is 4.98 Å². The van der Waals surface area contributed by atoms with Gasteiger partial charge in [-0.1, -0.05) is 36.4 Å². The minimum atomic E-state index is 0.753. The van der Waals surface area contributed by atoms with Gasteiger partial charge in [0.15, 0.2) is 0 Å². The number of benzene rings is 1. The third-order valence-electron chi connectivity index (χ3n) is 2.10. The highest BCUT2D eigenvalue weighted by molar-refractivity contribution is 7.80. The van der Waals surface area contributed by atoms with E-state index >= 15 is 0 Å². The van der Waals surface area contributed by atoms with E-state index in [1.54, 1.807) is 0 Å². The van der Waals surface area contributed by atoms with Crippen LogP contribution in [-0.4, -0.2) is 10.7 Å². The monoisotopic (exact) mass is 201 g/mol. The van der Waals surface area contributed by atoms with Gasteiger partial charge in [0.2, 0.25) is 0 Å². The molecule has 1 heterocycles. The fourth-order valence-corrected chi connectivity index (χ4v) is 1.56. The second-order valence-corrected chi connectivity index (χ2v) is 3.40. The lowest BCUT2D eigenvalue weighted by Crippen LogP contribution is -1.80. The molecule has 0 aliphatic rings. The van der Waals surface area contributed by atoms with Crippen LogP contribution in [0.1, 0.15) is 5.56 Å². The predicted octanol–water partition coefficient (Wildman–Crippen LogP) is 3.18. The highest BCUT2D eigenvalue weighted by Crippen LogP contribution is 2.17. The molecule has 0 aliphatic carbocycles. The Labute approximate surface area is 88.9 Å². The summed E-state index contributed by atoms with van der Waals surface area (Å²) in [4.78, 5) is 4.19. The molecule has 1 nitrogen and oxygen atoms in total. The first-order valence-electron chi connectivity index (χ1n) is 4.52. The largest absolute Gasteiger partial charge is 0.263 e. The maximum atomic E-state index is 4.19. The summed E-state index contributed by atoms with van der Waals surface area (Å²) >= 11 is 4.14. The molecular weight excluding hydrogens is 190 g/mol. The quantitative estimate of drug-likeness (QED) is 0.736. The molecule has 0 bridgehead atoms. The molecule has 0 unspecified atom stereocenters. The molecule has 14 heavy (non-hydrogen) atoms. The molecule has 2 heteroatoms. The summed E-state index contributed by atoms with van der Waals surface area (Å²) in [6, 6.07) is 8.24. The molecule has 70 valence electrons. The van der Waals surface area contributed by atoms with Crippen molar-refractivity contribution in [2.24, 2.45) is 0 Å². The van der Waals surface area contributed by atoms with Crippen LogP contribution in [0.25, 0.3) is 16.8 Å². The van der Waals surface area contributed by atoms with Crippen molar-refractivity contribution in [3.05, 3.63) is 48.3 Å². The topological polar surface area (TPSA) is 12.9 Å². The molecule has 0 spiro atoms. The van der Waals surface area contributed by atoms with Crippen LogP contribution in [0.5, 0.6) is 0 Å². The Morgan fingerprint density at radius 1 is 1.21 bits per heavy atom. The van der Waals surface area contributed by atoms with Gasteiger partial charge >= 0.3 is 0 Å². The number of rotatable bonds is 2. The van der Waals surface area contributed by atoms with Crippen LogP contribution in [-0.2, 0) is 0 Å². The number of fused-ring (bicyclic) bond motifs is 1. The number of nitrogens with zero attached hydrogens (tertiary/aromatic N) is 1. The summed E-state index contributed by atoms with van der Waals surface area (Å²) in [6.07, 6.45) is 7.84. The molecule has 1 aromatic heterocycles. The van der Waals surface area contributed by atoms with E-state index in [1.807, 2.05) is 30.6 Å². The second kappa shape index (κ2) is 4.29. The van der Waals surface area contributed by atoms with Gasteiger partial charge in [0.1, 0.15) is 0 Å². The number of hydrogen-bond donors (Lipinski definition) is 1. The van der Waals surface area contributed by atoms with Crippen LogP contribution in [0.2, 0.25) is 0 Å². The summed E-state index contributed by atoms with van der Waals surface area (Å²) in [5, 5.41) is 2.41. The van der Waals surface area contributed by atoms with Crippen LogP contribution >= 0.6 is 12.6 Å². The van der Waals surface area contributed by atoms with Crippen molar-refractivity contribution in [2.75, 3.05) is 5.75 Å². The third kappa shape index (κ3) is 1.80. The fourth-order valence-electron chi connectivity index (χ4n) is 1.45. The molecule has 1 aromatic carbocycles. The summed E-state index contributed by atoms with van der Waals surface area (Å²) in [5.74, 6) is 0.753. The first kappa shape index (κ1) is 9.28. The van der Waals surface area contributed by atoms with Gasteiger partial charge in [-0.15, -0.1) is 0 Å². The van der Waals surface area contributed by atoms with E-state index in [2.05, 4.69) is 35.8 Å². The lowest BCUT2D eigenvalue weighted by molar-refractivity contribution is 1.35. The molecule has 2 rings (SSSR count). The summed E-state index contributed by atoms with van der Waals surface area (Å²) in [5.41, 5.74) is 1.15. The predicted molar refractivity (Wildman–Crippen MR) is 64.6 cm³/mol. The fraction of sp³-hybridized carbons (Fsp3) is 0.0833. The number of aromatic nitrogens is 1. The van der Waals surface area contributed by atoms with E-state index in [9.17, 15) is 0 Å². The zero-order valence-corrected chi connectivity index (χ0v) is 8.61. The van der Waals surface area contributed by atoms with Crippen molar-refractivity contribution in [3.8, 4) is 0 Å². The van der Waals surface area contributed by atoms with Gasteiger partial charge in [-0.25, -0.2) is 0 Å². The zero-order chi connectivity index (χ0) is 9.80. The van der Waals surface area contributed by atoms with E-state index in [-0.39, 0.29) is 0 Å². The average molecular weight is 201 g/mol. The summed E-state index contributed by atoms with van der Waals surface area (Å²) < 4.78 is 0. The number of hydrogen-bond acceptors (Lipinski definition) is 2. The van der Waals surface area contributed by atoms with E-state index in [0.29, 0.717) is 0 Å². The Kier molecular flexibility index (Phi) is 2.84. The average Bonchev–Trinajstić information content (AvgIpc) is 2.26. The van der Waals surface area contributed by atoms with Gasteiger partial charge in [-0.05, 0) is 5.39 Å². The van der Waals surface area contributed by atoms with Gasteiger partial charge in [0.05, 0.1) is 0 Å². The van der Waals surface area contributed by atoms with Crippen molar-refractivity contribution in [3.63, 3.8) is 0 Å². The Bertz CT molecular complexity index is 457. The minimum absolute atomic E-state index is 0.753. The molecular formula is C12H11NS. The Balaban J connectivity index is 2.59. The molecule has 0 fully saturated rings. The highest BCUT2D eigenvalue weighted by Gasteiger charge is 1.95. The molecule has 0 saturated carbocycles. The van der Waals surface area contributed by atoms with Crippen LogP contribution in [0.15, 0.2) is 42.7 Å². The normalized spacial score (nSPS) is 11.2. The zero-order valence-electron chi connectivity index (χ0n) is 7.72. The lowest BCUT2D eigenvalue weighted by Gasteiger charge is -2.00. The summed E-state index contributed by atoms with van der Waals surface area (Å²) in [7, 11) is 0. The molecule has 0 aliphatic heterocycles. The lowest BCUT2D eigenvalue weighted by atomic mass is 10.1. The van der Waals surface area contributed by atoms with Crippen LogP contribution in [0.4, 0.5) is 0 Å². The minimum Gasteiger partial charge on any atom is -0.263 e. The van der Waals surface area contributed by atoms with Gasteiger partial charge in [-0.2, -0.15) is 12.6 Å². The third-order valence-corrected chi connectivity index (χ3v) is 2.31. The SMILES string of the molecule is SCC=Cc1cncc2ccccc12. The Morgan fingerprint density at radius 2 is 2.07 bits per heavy atom. The van der Waals surface area contributed by atoms with E-state index in [0.717, 1.165) is 11.3 Å². The maximum Gasteiger partial charge on any atom is 0.0346 e. The first-order chi connectivity index (χ1) is 6.92. The number of thiol groups is 1. The molecule has 0 amide bonds. The molecule has 0 N–H and O–H groups in total. The second-order valence-electron chi connectivity index (χ2n) is 3.03. The van der Waals surface area contributed by atoms with Gasteiger partial charge in [0.25, 0.3) is 0 Å². The van der Waals surface area contributed by atoms with Gasteiger partial charge in [0, 0.05) is 29.1 Å². The van der Waals surface area contributed by atoms with Crippen LogP contribution in [0, 0.1) is 0 Å². The summed E-state index contributed by atoms with van der Waals surface area (Å²) in [6.45, 7) is 0. The first-order valence-corrected chi connectivity index (χ1v) is 5.15. The van der Waals surface area contributed by atoms with E-state index < -0.39 is 0 Å². The van der Waals surface area contributed by atoms with Crippen molar-refractivity contribution < 1.29 is 0 Å². The van der Waals surface area contributed by atoms with E-state index in [1.165, 1.54) is 10.8 Å². The standard InChI is InChI=1S/C12H11NS/c14-7-3-5-11-9-13-8-10-4-1-2-6-12(10)11/h1-6,8-9,14H,7H2. The smallest absolute Gasteiger partial charge is 0.0346 e. The highest BCUT2D eigenvalue weighted by atomic mass is 32.1. The van der Waals surface area contributed by atoms with Crippen molar-refractivity contribution in [1.29, 1.82) is 0 Å². The van der Waals surface area contributed by atoms with Gasteiger partial charge < -0.3 is 0 Å². The Morgan fingerprint density at radius 3 is 2.93 bits per heavy atom. The Hall–Kier alpha value is -1.28. The molecule has 0 atom stereocenters. The number of pyridine rings is 1. The molecule has 0 saturated heterocycles. The molecule has 0 radical (unpaired) electrons. The van der Waals surface area contributed by atoms with Crippen molar-refractivity contribution in [2.45, 2.75) is 0 Å². The van der Waals surface area contributed by atoms with Crippen LogP contribution < -0.4 is 0 Å². The van der Waals surface area contributed by atoms with E-state index in [4.69, 9.17) is 0 Å². The maximum absolute atomic E-state index is 4.19. The van der Waals surface area contributed by atoms with Crippen molar-refractivity contribution >= 4 is 29.5 Å².